The van der Waals surface area contributed by atoms with E-state index in [0.29, 0.717) is 16.4 Å². The summed E-state index contributed by atoms with van der Waals surface area (Å²) in [6.45, 7) is 7.30. The summed E-state index contributed by atoms with van der Waals surface area (Å²) in [5, 5.41) is -0.285. The summed E-state index contributed by atoms with van der Waals surface area (Å²) in [5.74, 6) is 0.889. The van der Waals surface area contributed by atoms with E-state index in [2.05, 4.69) is 6.58 Å². The lowest BCUT2D eigenvalue weighted by Crippen LogP contribution is -2.35. The molecule has 23 heavy (non-hydrogen) atoms. The highest BCUT2D eigenvalue weighted by atomic mass is 32.2. The molecule has 122 valence electrons. The number of methoxy groups -OCH3 is 2. The van der Waals surface area contributed by atoms with Gasteiger partial charge in [0, 0.05) is 0 Å². The molecule has 0 saturated carbocycles. The number of amides is 2. The molecule has 2 rings (SSSR count). The van der Waals surface area contributed by atoms with Crippen molar-refractivity contribution in [3.05, 3.63) is 40.8 Å². The number of aryl methyl sites for hydroxylation is 1. The van der Waals surface area contributed by atoms with Crippen molar-refractivity contribution in [3.63, 3.8) is 0 Å². The number of nitrogens with zero attached hydrogens (tertiary/aromatic N) is 1. The average Bonchev–Trinajstić information content (AvgIpc) is 2.82. The number of ether oxygens (including phenoxy) is 2. The highest BCUT2D eigenvalue weighted by Crippen LogP contribution is 2.36. The molecule has 0 unspecified atom stereocenters. The minimum absolute atomic E-state index is 0.285. The zero-order valence-corrected chi connectivity index (χ0v) is 14.4. The topological polar surface area (TPSA) is 55.8 Å². The van der Waals surface area contributed by atoms with Crippen LogP contribution in [0.4, 0.5) is 4.79 Å². The van der Waals surface area contributed by atoms with Crippen molar-refractivity contribution >= 4 is 29.0 Å². The van der Waals surface area contributed by atoms with Gasteiger partial charge in [0.05, 0.1) is 25.2 Å². The zero-order valence-electron chi connectivity index (χ0n) is 13.6. The number of thioether (sulfide) groups is 1. The van der Waals surface area contributed by atoms with E-state index in [9.17, 15) is 9.59 Å². The van der Waals surface area contributed by atoms with Gasteiger partial charge in [-0.2, -0.15) is 0 Å². The Bertz CT molecular complexity index is 696. The summed E-state index contributed by atoms with van der Waals surface area (Å²) in [6.07, 6.45) is 3.28. The Labute approximate surface area is 139 Å². The van der Waals surface area contributed by atoms with E-state index < -0.39 is 0 Å². The molecule has 1 fully saturated rings. The lowest BCUT2D eigenvalue weighted by Gasteiger charge is -2.17. The lowest BCUT2D eigenvalue weighted by molar-refractivity contribution is -0.123. The van der Waals surface area contributed by atoms with Crippen LogP contribution < -0.4 is 9.47 Å². The van der Waals surface area contributed by atoms with Crippen molar-refractivity contribution in [1.29, 1.82) is 0 Å². The second-order valence-corrected chi connectivity index (χ2v) is 6.08. The number of imide groups is 1. The Balaban J connectivity index is 2.41. The highest BCUT2D eigenvalue weighted by Gasteiger charge is 2.37. The normalized spacial score (nSPS) is 17.6. The maximum absolute atomic E-state index is 12.4. The summed E-state index contributed by atoms with van der Waals surface area (Å²) in [4.78, 5) is 26.0. The fourth-order valence-electron chi connectivity index (χ4n) is 2.23. The molecular formula is C17H19NO4S. The van der Waals surface area contributed by atoms with Crippen molar-refractivity contribution in [2.24, 2.45) is 0 Å². The summed E-state index contributed by atoms with van der Waals surface area (Å²) >= 11 is 0.931. The van der Waals surface area contributed by atoms with Crippen LogP contribution >= 0.6 is 11.8 Å². The number of carbonyl (C=O) groups is 2. The van der Waals surface area contributed by atoms with Gasteiger partial charge in [0.15, 0.2) is 11.5 Å². The third-order valence-electron chi connectivity index (χ3n) is 3.63. The predicted octanol–water partition coefficient (Wildman–Crippen LogP) is 3.62. The molecule has 1 saturated heterocycles. The zero-order chi connectivity index (χ0) is 17.1. The van der Waals surface area contributed by atoms with E-state index in [1.54, 1.807) is 39.4 Å². The number of hydrogen-bond acceptors (Lipinski definition) is 5. The van der Waals surface area contributed by atoms with Gasteiger partial charge in [-0.25, -0.2) is 0 Å². The molecule has 6 heteroatoms. The summed E-state index contributed by atoms with van der Waals surface area (Å²) in [6, 6.07) is 3.29. The van der Waals surface area contributed by atoms with E-state index in [1.165, 1.54) is 4.90 Å². The van der Waals surface area contributed by atoms with Gasteiger partial charge in [-0.1, -0.05) is 6.08 Å². The number of benzene rings is 1. The quantitative estimate of drug-likeness (QED) is 0.608. The smallest absolute Gasteiger partial charge is 0.294 e. The lowest BCUT2D eigenvalue weighted by atomic mass is 10.1. The average molecular weight is 333 g/mol. The first-order valence-corrected chi connectivity index (χ1v) is 7.86. The molecule has 2 amide bonds. The van der Waals surface area contributed by atoms with Crippen LogP contribution in [-0.4, -0.2) is 36.3 Å². The predicted molar refractivity (Wildman–Crippen MR) is 91.8 cm³/mol. The first-order valence-electron chi connectivity index (χ1n) is 7.05. The molecular weight excluding hydrogens is 314 g/mol. The standard InChI is InChI=1S/C17H19NO4S/c1-6-11(3)18-16(19)15(23-17(18)20)9-12-8-14(22-5)13(21-4)7-10(12)2/h6-9,11H,1H2,2-5H3/b15-9-/t11-/m1/s1. The van der Waals surface area contributed by atoms with Crippen LogP contribution in [0, 0.1) is 6.92 Å². The fourth-order valence-corrected chi connectivity index (χ4v) is 3.14. The molecule has 1 aliphatic heterocycles. The van der Waals surface area contributed by atoms with E-state index in [0.717, 1.165) is 22.9 Å². The third-order valence-corrected chi connectivity index (χ3v) is 4.51. The van der Waals surface area contributed by atoms with Gasteiger partial charge >= 0.3 is 0 Å². The van der Waals surface area contributed by atoms with E-state index in [1.807, 2.05) is 13.0 Å². The van der Waals surface area contributed by atoms with Crippen molar-refractivity contribution in [2.45, 2.75) is 19.9 Å². The first-order chi connectivity index (χ1) is 10.9. The maximum Gasteiger partial charge on any atom is 0.294 e. The van der Waals surface area contributed by atoms with Gasteiger partial charge < -0.3 is 9.47 Å². The Morgan fingerprint density at radius 3 is 2.39 bits per heavy atom. The van der Waals surface area contributed by atoms with Gasteiger partial charge in [0.1, 0.15) is 0 Å². The van der Waals surface area contributed by atoms with E-state index in [-0.39, 0.29) is 17.2 Å². The van der Waals surface area contributed by atoms with Crippen LogP contribution in [0.1, 0.15) is 18.1 Å². The second kappa shape index (κ2) is 6.91. The molecule has 1 aromatic rings. The highest BCUT2D eigenvalue weighted by molar-refractivity contribution is 8.18. The minimum atomic E-state index is -0.333. The fraction of sp³-hybridized carbons (Fsp3) is 0.294. The molecule has 0 aliphatic carbocycles. The first kappa shape index (κ1) is 17.1. The van der Waals surface area contributed by atoms with Crippen LogP contribution in [0.15, 0.2) is 29.7 Å². The molecule has 0 N–H and O–H groups in total. The summed E-state index contributed by atoms with van der Waals surface area (Å²) in [7, 11) is 3.12. The number of hydrogen-bond donors (Lipinski definition) is 0. The summed E-state index contributed by atoms with van der Waals surface area (Å²) in [5.41, 5.74) is 1.73. The SMILES string of the molecule is C=C[C@@H](C)N1C(=O)S/C(=C\c2cc(OC)c(OC)cc2C)C1=O. The van der Waals surface area contributed by atoms with Crippen molar-refractivity contribution in [3.8, 4) is 11.5 Å². The monoisotopic (exact) mass is 333 g/mol. The van der Waals surface area contributed by atoms with Crippen LogP contribution in [0.5, 0.6) is 11.5 Å². The Morgan fingerprint density at radius 2 is 1.83 bits per heavy atom. The number of rotatable bonds is 5. The maximum atomic E-state index is 12.4. The minimum Gasteiger partial charge on any atom is -0.493 e. The van der Waals surface area contributed by atoms with E-state index >= 15 is 0 Å². The van der Waals surface area contributed by atoms with Crippen LogP contribution in [0.2, 0.25) is 0 Å². The van der Waals surface area contributed by atoms with Gasteiger partial charge in [-0.05, 0) is 54.9 Å². The van der Waals surface area contributed by atoms with Crippen LogP contribution in [-0.2, 0) is 4.79 Å². The van der Waals surface area contributed by atoms with Gasteiger partial charge in [0.2, 0.25) is 0 Å². The molecule has 1 atom stereocenters. The van der Waals surface area contributed by atoms with Crippen molar-refractivity contribution < 1.29 is 19.1 Å². The molecule has 1 heterocycles. The van der Waals surface area contributed by atoms with Gasteiger partial charge in [-0.15, -0.1) is 6.58 Å². The van der Waals surface area contributed by atoms with Gasteiger partial charge in [-0.3, -0.25) is 14.5 Å². The molecule has 0 spiro atoms. The molecule has 5 nitrogen and oxygen atoms in total. The Kier molecular flexibility index (Phi) is 5.15. The molecule has 1 aromatic carbocycles. The van der Waals surface area contributed by atoms with Gasteiger partial charge in [0.25, 0.3) is 11.1 Å². The third kappa shape index (κ3) is 3.27. The van der Waals surface area contributed by atoms with Crippen molar-refractivity contribution in [1.82, 2.24) is 4.90 Å². The van der Waals surface area contributed by atoms with Crippen molar-refractivity contribution in [2.75, 3.05) is 14.2 Å². The Morgan fingerprint density at radius 1 is 1.22 bits per heavy atom. The molecule has 0 bridgehead atoms. The largest absolute Gasteiger partial charge is 0.493 e. The van der Waals surface area contributed by atoms with E-state index in [4.69, 9.17) is 9.47 Å². The van der Waals surface area contributed by atoms with Crippen LogP contribution in [0.25, 0.3) is 6.08 Å². The summed E-state index contributed by atoms with van der Waals surface area (Å²) < 4.78 is 10.5. The van der Waals surface area contributed by atoms with Crippen LogP contribution in [0.3, 0.4) is 0 Å². The molecule has 1 aliphatic rings. The number of carbonyl (C=O) groups excluding carboxylic acids is 2. The second-order valence-electron chi connectivity index (χ2n) is 5.09. The molecule has 0 aromatic heterocycles. The Hall–Kier alpha value is -2.21. The molecule has 0 radical (unpaired) electrons.